The van der Waals surface area contributed by atoms with Crippen LogP contribution in [0.15, 0.2) is 24.3 Å². The van der Waals surface area contributed by atoms with E-state index in [2.05, 4.69) is 14.8 Å². The Kier molecular flexibility index (Phi) is 6.90. The molecule has 0 atom stereocenters. The molecule has 1 aromatic carbocycles. The van der Waals surface area contributed by atoms with Crippen LogP contribution in [0.1, 0.15) is 43.3 Å². The summed E-state index contributed by atoms with van der Waals surface area (Å²) in [4.78, 5) is 4.66. The quantitative estimate of drug-likeness (QED) is 0.565. The lowest BCUT2D eigenvalue weighted by Crippen LogP contribution is -2.17. The molecule has 154 valence electrons. The smallest absolute Gasteiger partial charge is 0.406 e. The second kappa shape index (κ2) is 9.38. The minimum Gasteiger partial charge on any atom is -0.406 e. The molecule has 0 bridgehead atoms. The maximum atomic E-state index is 12.3. The fourth-order valence-corrected chi connectivity index (χ4v) is 2.93. The number of aromatic nitrogens is 3. The Labute approximate surface area is 161 Å². The van der Waals surface area contributed by atoms with Crippen LogP contribution >= 0.6 is 0 Å². The molecule has 1 saturated carbocycles. The lowest BCUT2D eigenvalue weighted by atomic mass is 9.85. The number of nitrogens with zero attached hydrogens (tertiary/aromatic N) is 3. The van der Waals surface area contributed by atoms with Crippen LogP contribution in [0.2, 0.25) is 0 Å². The van der Waals surface area contributed by atoms with E-state index >= 15 is 0 Å². The summed E-state index contributed by atoms with van der Waals surface area (Å²) < 4.78 is 53.2. The summed E-state index contributed by atoms with van der Waals surface area (Å²) >= 11 is 0. The maximum absolute atomic E-state index is 12.3. The van der Waals surface area contributed by atoms with E-state index in [0.29, 0.717) is 37.8 Å². The van der Waals surface area contributed by atoms with E-state index in [4.69, 9.17) is 9.47 Å². The molecule has 1 aliphatic carbocycles. The third-order valence-corrected chi connectivity index (χ3v) is 4.58. The fourth-order valence-electron chi connectivity index (χ4n) is 2.93. The van der Waals surface area contributed by atoms with Gasteiger partial charge in [-0.25, -0.2) is 9.67 Å². The monoisotopic (exact) mass is 399 g/mol. The SMILES string of the molecule is COCCCOCCc1nc(C2CCC2)nn1-c1ccc(OC(F)(F)F)cc1. The van der Waals surface area contributed by atoms with Gasteiger partial charge in [0.1, 0.15) is 11.6 Å². The molecule has 3 rings (SSSR count). The van der Waals surface area contributed by atoms with Crippen molar-refractivity contribution in [1.29, 1.82) is 0 Å². The van der Waals surface area contributed by atoms with Gasteiger partial charge in [0.05, 0.1) is 12.3 Å². The van der Waals surface area contributed by atoms with Crippen molar-refractivity contribution in [3.63, 3.8) is 0 Å². The Balaban J connectivity index is 1.70. The predicted molar refractivity (Wildman–Crippen MR) is 95.7 cm³/mol. The highest BCUT2D eigenvalue weighted by atomic mass is 19.4. The summed E-state index contributed by atoms with van der Waals surface area (Å²) in [7, 11) is 1.65. The summed E-state index contributed by atoms with van der Waals surface area (Å²) in [6, 6.07) is 5.64. The van der Waals surface area contributed by atoms with Crippen molar-refractivity contribution in [1.82, 2.24) is 14.8 Å². The molecule has 0 radical (unpaired) electrons. The second-order valence-corrected chi connectivity index (χ2v) is 6.68. The van der Waals surface area contributed by atoms with Crippen LogP contribution in [0.5, 0.6) is 5.75 Å². The van der Waals surface area contributed by atoms with Crippen molar-refractivity contribution >= 4 is 0 Å². The molecule has 0 N–H and O–H groups in total. The first-order chi connectivity index (χ1) is 13.5. The number of alkyl halides is 3. The van der Waals surface area contributed by atoms with E-state index in [1.54, 1.807) is 23.9 Å². The zero-order chi connectivity index (χ0) is 20.0. The third kappa shape index (κ3) is 5.68. The van der Waals surface area contributed by atoms with Crippen molar-refractivity contribution in [2.45, 2.75) is 44.4 Å². The number of ether oxygens (including phenoxy) is 3. The number of hydrogen-bond acceptors (Lipinski definition) is 5. The Morgan fingerprint density at radius 2 is 1.86 bits per heavy atom. The van der Waals surface area contributed by atoms with E-state index < -0.39 is 6.36 Å². The van der Waals surface area contributed by atoms with Crippen LogP contribution in [0.4, 0.5) is 13.2 Å². The number of halogens is 3. The highest BCUT2D eigenvalue weighted by Gasteiger charge is 2.31. The Hall–Kier alpha value is -2.13. The molecule has 0 aliphatic heterocycles. The number of benzene rings is 1. The maximum Gasteiger partial charge on any atom is 0.573 e. The van der Waals surface area contributed by atoms with Gasteiger partial charge in [-0.1, -0.05) is 6.42 Å². The van der Waals surface area contributed by atoms with Crippen molar-refractivity contribution < 1.29 is 27.4 Å². The number of methoxy groups -OCH3 is 1. The van der Waals surface area contributed by atoms with Crippen LogP contribution in [0, 0.1) is 0 Å². The normalized spacial score (nSPS) is 14.9. The minimum absolute atomic E-state index is 0.265. The summed E-state index contributed by atoms with van der Waals surface area (Å²) in [6.45, 7) is 1.73. The molecule has 0 amide bonds. The van der Waals surface area contributed by atoms with Gasteiger partial charge in [0, 0.05) is 32.7 Å². The van der Waals surface area contributed by atoms with E-state index in [0.717, 1.165) is 30.9 Å². The molecule has 1 aromatic heterocycles. The second-order valence-electron chi connectivity index (χ2n) is 6.68. The minimum atomic E-state index is -4.71. The van der Waals surface area contributed by atoms with Gasteiger partial charge in [-0.15, -0.1) is 13.2 Å². The summed E-state index contributed by atoms with van der Waals surface area (Å²) in [6.07, 6.45) is -0.0343. The van der Waals surface area contributed by atoms with Gasteiger partial charge < -0.3 is 14.2 Å². The number of rotatable bonds is 10. The van der Waals surface area contributed by atoms with Crippen LogP contribution in [0.3, 0.4) is 0 Å². The largest absolute Gasteiger partial charge is 0.573 e. The molecule has 2 aromatic rings. The van der Waals surface area contributed by atoms with Crippen LogP contribution in [-0.4, -0.2) is 48.1 Å². The van der Waals surface area contributed by atoms with Crippen molar-refractivity contribution in [3.8, 4) is 11.4 Å². The third-order valence-electron chi connectivity index (χ3n) is 4.58. The molecule has 0 saturated heterocycles. The van der Waals surface area contributed by atoms with Crippen molar-refractivity contribution in [3.05, 3.63) is 35.9 Å². The van der Waals surface area contributed by atoms with E-state index in [1.807, 2.05) is 0 Å². The highest BCUT2D eigenvalue weighted by molar-refractivity contribution is 5.37. The van der Waals surface area contributed by atoms with Gasteiger partial charge >= 0.3 is 6.36 Å². The topological polar surface area (TPSA) is 58.4 Å². The molecule has 1 heterocycles. The molecule has 1 aliphatic rings. The number of hydrogen-bond donors (Lipinski definition) is 0. The van der Waals surface area contributed by atoms with Gasteiger partial charge in [-0.3, -0.25) is 0 Å². The predicted octanol–water partition coefficient (Wildman–Crippen LogP) is 4.03. The standard InChI is InChI=1S/C19H24F3N3O3/c1-26-11-3-12-27-13-10-17-23-18(14-4-2-5-14)24-25(17)15-6-8-16(9-7-15)28-19(20,21)22/h6-9,14H,2-5,10-13H2,1H3. The molecule has 9 heteroatoms. The van der Waals surface area contributed by atoms with Gasteiger partial charge in [0.2, 0.25) is 0 Å². The molecule has 0 unspecified atom stereocenters. The van der Waals surface area contributed by atoms with Gasteiger partial charge in [0.15, 0.2) is 5.82 Å². The van der Waals surface area contributed by atoms with Gasteiger partial charge in [-0.2, -0.15) is 5.10 Å². The Morgan fingerprint density at radius 3 is 2.46 bits per heavy atom. The van der Waals surface area contributed by atoms with Gasteiger partial charge in [0.25, 0.3) is 0 Å². The molecule has 1 fully saturated rings. The first kappa shape index (κ1) is 20.6. The zero-order valence-corrected chi connectivity index (χ0v) is 15.7. The lowest BCUT2D eigenvalue weighted by Gasteiger charge is -2.21. The molecule has 6 nitrogen and oxygen atoms in total. The molecular weight excluding hydrogens is 375 g/mol. The van der Waals surface area contributed by atoms with Crippen LogP contribution in [-0.2, 0) is 15.9 Å². The average molecular weight is 399 g/mol. The average Bonchev–Trinajstić information content (AvgIpc) is 2.99. The van der Waals surface area contributed by atoms with Gasteiger partial charge in [-0.05, 0) is 43.5 Å². The van der Waals surface area contributed by atoms with Crippen molar-refractivity contribution in [2.24, 2.45) is 0 Å². The Morgan fingerprint density at radius 1 is 1.11 bits per heavy atom. The first-order valence-corrected chi connectivity index (χ1v) is 9.35. The van der Waals surface area contributed by atoms with E-state index in [9.17, 15) is 13.2 Å². The van der Waals surface area contributed by atoms with E-state index in [1.165, 1.54) is 18.6 Å². The van der Waals surface area contributed by atoms with E-state index in [-0.39, 0.29) is 5.75 Å². The summed E-state index contributed by atoms with van der Waals surface area (Å²) in [5, 5.41) is 4.60. The lowest BCUT2D eigenvalue weighted by molar-refractivity contribution is -0.274. The Bertz CT molecular complexity index is 743. The first-order valence-electron chi connectivity index (χ1n) is 9.35. The fraction of sp³-hybridized carbons (Fsp3) is 0.579. The highest BCUT2D eigenvalue weighted by Crippen LogP contribution is 2.35. The van der Waals surface area contributed by atoms with Crippen LogP contribution in [0.25, 0.3) is 5.69 Å². The summed E-state index contributed by atoms with van der Waals surface area (Å²) in [5.41, 5.74) is 0.641. The van der Waals surface area contributed by atoms with Crippen LogP contribution < -0.4 is 4.74 Å². The molecule has 0 spiro atoms. The zero-order valence-electron chi connectivity index (χ0n) is 15.7. The molecule has 28 heavy (non-hydrogen) atoms. The molecular formula is C19H24F3N3O3. The summed E-state index contributed by atoms with van der Waals surface area (Å²) in [5.74, 6) is 1.61. The van der Waals surface area contributed by atoms with Crippen molar-refractivity contribution in [2.75, 3.05) is 26.9 Å².